The van der Waals surface area contributed by atoms with Crippen molar-refractivity contribution in [3.63, 3.8) is 0 Å². The summed E-state index contributed by atoms with van der Waals surface area (Å²) in [5.74, 6) is 2.08. The molecule has 16 heavy (non-hydrogen) atoms. The molecule has 0 saturated carbocycles. The number of halogens is 1. The van der Waals surface area contributed by atoms with E-state index in [1.807, 2.05) is 31.7 Å². The van der Waals surface area contributed by atoms with E-state index in [1.54, 1.807) is 0 Å². The van der Waals surface area contributed by atoms with Gasteiger partial charge in [-0.25, -0.2) is 0 Å². The maximum Gasteiger partial charge on any atom is 0.261 e. The number of amides is 1. The summed E-state index contributed by atoms with van der Waals surface area (Å²) in [6.07, 6.45) is 0. The van der Waals surface area contributed by atoms with Gasteiger partial charge in [0.25, 0.3) is 5.91 Å². The Morgan fingerprint density at radius 1 is 1.69 bits per heavy atom. The van der Waals surface area contributed by atoms with Gasteiger partial charge in [0.2, 0.25) is 0 Å². The van der Waals surface area contributed by atoms with Crippen LogP contribution >= 0.6 is 39.0 Å². The Bertz CT molecular complexity index is 345. The molecule has 0 aliphatic carbocycles. The van der Waals surface area contributed by atoms with Crippen molar-refractivity contribution in [3.8, 4) is 0 Å². The highest BCUT2D eigenvalue weighted by Crippen LogP contribution is 2.27. The molecule has 1 N–H and O–H groups in total. The molecule has 1 aromatic heterocycles. The number of carbonyl (C=O) groups excluding carboxylic acids is 1. The van der Waals surface area contributed by atoms with Crippen molar-refractivity contribution < 1.29 is 4.79 Å². The summed E-state index contributed by atoms with van der Waals surface area (Å²) in [6, 6.07) is 2.14. The number of nitrogens with one attached hydrogen (secondary N) is 1. The van der Waals surface area contributed by atoms with Gasteiger partial charge in [-0.15, -0.1) is 11.3 Å². The zero-order chi connectivity index (χ0) is 12.1. The lowest BCUT2D eigenvalue weighted by Gasteiger charge is -2.11. The molecule has 0 spiro atoms. The first-order chi connectivity index (χ1) is 7.54. The van der Waals surface area contributed by atoms with Crippen LogP contribution in [0.15, 0.2) is 9.85 Å². The Morgan fingerprint density at radius 3 is 2.88 bits per heavy atom. The fourth-order valence-electron chi connectivity index (χ4n) is 1.20. The maximum atomic E-state index is 11.9. The first-order valence-electron chi connectivity index (χ1n) is 5.19. The number of hydrogen-bond acceptors (Lipinski definition) is 3. The smallest absolute Gasteiger partial charge is 0.261 e. The predicted octanol–water partition coefficient (Wildman–Crippen LogP) is 3.69. The quantitative estimate of drug-likeness (QED) is 0.896. The second-order valence-electron chi connectivity index (χ2n) is 3.60. The topological polar surface area (TPSA) is 29.1 Å². The Hall–Kier alpha value is -0.0000000000000000833. The number of rotatable bonds is 5. The number of aryl methyl sites for hydroxylation is 1. The van der Waals surface area contributed by atoms with Gasteiger partial charge in [-0.3, -0.25) is 4.79 Å². The fraction of sp³-hybridized carbons (Fsp3) is 0.545. The molecule has 1 rings (SSSR count). The highest BCUT2D eigenvalue weighted by molar-refractivity contribution is 9.11. The van der Waals surface area contributed by atoms with Gasteiger partial charge < -0.3 is 5.32 Å². The summed E-state index contributed by atoms with van der Waals surface area (Å²) >= 11 is 6.75. The molecule has 0 aliphatic heterocycles. The lowest BCUT2D eigenvalue weighted by atomic mass is 10.3. The molecule has 0 saturated heterocycles. The molecular formula is C11H16BrNOS2. The lowest BCUT2D eigenvalue weighted by Crippen LogP contribution is -2.33. The first-order valence-corrected chi connectivity index (χ1v) is 7.95. The van der Waals surface area contributed by atoms with E-state index in [0.29, 0.717) is 0 Å². The maximum absolute atomic E-state index is 11.9. The molecule has 90 valence electrons. The standard InChI is InChI=1S/C11H16BrNOS2/c1-4-15-6-8(3)13-11(14)9-5-7(2)10(12)16-9/h5,8H,4,6H2,1-3H3,(H,13,14). The van der Waals surface area contributed by atoms with E-state index in [0.717, 1.165) is 25.7 Å². The lowest BCUT2D eigenvalue weighted by molar-refractivity contribution is 0.0948. The molecule has 1 heterocycles. The third-order valence-electron chi connectivity index (χ3n) is 2.03. The molecular weight excluding hydrogens is 306 g/mol. The number of thioether (sulfide) groups is 1. The van der Waals surface area contributed by atoms with Gasteiger partial charge in [-0.05, 0) is 47.2 Å². The largest absolute Gasteiger partial charge is 0.348 e. The van der Waals surface area contributed by atoms with E-state index in [4.69, 9.17) is 0 Å². The van der Waals surface area contributed by atoms with Gasteiger partial charge in [0.05, 0.1) is 8.66 Å². The van der Waals surface area contributed by atoms with E-state index in [2.05, 4.69) is 28.2 Å². The number of thiophene rings is 1. The van der Waals surface area contributed by atoms with E-state index in [-0.39, 0.29) is 11.9 Å². The van der Waals surface area contributed by atoms with Crippen LogP contribution < -0.4 is 5.32 Å². The molecule has 2 nitrogen and oxygen atoms in total. The minimum Gasteiger partial charge on any atom is -0.348 e. The van der Waals surface area contributed by atoms with Gasteiger partial charge in [0, 0.05) is 11.8 Å². The Balaban J connectivity index is 2.52. The molecule has 5 heteroatoms. The van der Waals surface area contributed by atoms with Crippen LogP contribution in [0.25, 0.3) is 0 Å². The molecule has 0 bridgehead atoms. The Kier molecular flexibility index (Phi) is 5.86. The van der Waals surface area contributed by atoms with Crippen LogP contribution in [0, 0.1) is 6.92 Å². The molecule has 0 aliphatic rings. The summed E-state index contributed by atoms with van der Waals surface area (Å²) in [6.45, 7) is 6.16. The number of hydrogen-bond donors (Lipinski definition) is 1. The zero-order valence-corrected chi connectivity index (χ0v) is 12.9. The van der Waals surface area contributed by atoms with Crippen LogP contribution in [0.4, 0.5) is 0 Å². The van der Waals surface area contributed by atoms with Crippen molar-refractivity contribution in [2.75, 3.05) is 11.5 Å². The molecule has 1 unspecified atom stereocenters. The van der Waals surface area contributed by atoms with Crippen LogP contribution in [0.3, 0.4) is 0 Å². The second kappa shape index (κ2) is 6.67. The molecule has 0 fully saturated rings. The summed E-state index contributed by atoms with van der Waals surface area (Å²) in [5, 5.41) is 3.00. The van der Waals surface area contributed by atoms with E-state index in [1.165, 1.54) is 11.3 Å². The van der Waals surface area contributed by atoms with Gasteiger partial charge >= 0.3 is 0 Å². The van der Waals surface area contributed by atoms with Crippen molar-refractivity contribution >= 4 is 44.9 Å². The second-order valence-corrected chi connectivity index (χ2v) is 7.29. The Labute approximate surface area is 113 Å². The molecule has 1 amide bonds. The molecule has 0 aromatic carbocycles. The average Bonchev–Trinajstić information content (AvgIpc) is 2.56. The predicted molar refractivity (Wildman–Crippen MR) is 76.7 cm³/mol. The third-order valence-corrected chi connectivity index (χ3v) is 5.31. The van der Waals surface area contributed by atoms with Crippen LogP contribution in [0.5, 0.6) is 0 Å². The minimum absolute atomic E-state index is 0.0306. The van der Waals surface area contributed by atoms with Crippen molar-refractivity contribution in [1.82, 2.24) is 5.32 Å². The molecule has 1 atom stereocenters. The van der Waals surface area contributed by atoms with E-state index < -0.39 is 0 Å². The molecule has 1 aromatic rings. The summed E-state index contributed by atoms with van der Waals surface area (Å²) in [5.41, 5.74) is 1.12. The van der Waals surface area contributed by atoms with Crippen LogP contribution in [-0.2, 0) is 0 Å². The van der Waals surface area contributed by atoms with Crippen LogP contribution in [0.1, 0.15) is 29.1 Å². The normalized spacial score (nSPS) is 12.5. The summed E-state index contributed by atoms with van der Waals surface area (Å²) < 4.78 is 1.04. The van der Waals surface area contributed by atoms with E-state index >= 15 is 0 Å². The first kappa shape index (κ1) is 14.1. The summed E-state index contributed by atoms with van der Waals surface area (Å²) in [7, 11) is 0. The van der Waals surface area contributed by atoms with Gasteiger partial charge in [-0.2, -0.15) is 11.8 Å². The molecule has 0 radical (unpaired) electrons. The minimum atomic E-state index is 0.0306. The van der Waals surface area contributed by atoms with Gasteiger partial charge in [0.15, 0.2) is 0 Å². The van der Waals surface area contributed by atoms with Crippen LogP contribution in [-0.4, -0.2) is 23.5 Å². The van der Waals surface area contributed by atoms with Crippen molar-refractivity contribution in [1.29, 1.82) is 0 Å². The monoisotopic (exact) mass is 321 g/mol. The van der Waals surface area contributed by atoms with Crippen molar-refractivity contribution in [2.24, 2.45) is 0 Å². The van der Waals surface area contributed by atoms with Crippen molar-refractivity contribution in [3.05, 3.63) is 20.3 Å². The zero-order valence-electron chi connectivity index (χ0n) is 9.67. The van der Waals surface area contributed by atoms with Gasteiger partial charge in [0.1, 0.15) is 0 Å². The summed E-state index contributed by atoms with van der Waals surface area (Å²) in [4.78, 5) is 12.6. The highest BCUT2D eigenvalue weighted by atomic mass is 79.9. The van der Waals surface area contributed by atoms with E-state index in [9.17, 15) is 4.79 Å². The van der Waals surface area contributed by atoms with Crippen molar-refractivity contribution in [2.45, 2.75) is 26.8 Å². The highest BCUT2D eigenvalue weighted by Gasteiger charge is 2.13. The number of carbonyl (C=O) groups is 1. The fourth-order valence-corrected chi connectivity index (χ4v) is 3.31. The third kappa shape index (κ3) is 4.11. The Morgan fingerprint density at radius 2 is 2.38 bits per heavy atom. The van der Waals surface area contributed by atoms with Crippen LogP contribution in [0.2, 0.25) is 0 Å². The average molecular weight is 322 g/mol. The SMILES string of the molecule is CCSCC(C)NC(=O)c1cc(C)c(Br)s1. The van der Waals surface area contributed by atoms with Gasteiger partial charge in [-0.1, -0.05) is 6.92 Å².